The highest BCUT2D eigenvalue weighted by Gasteiger charge is 2.30. The molecule has 1 N–H and O–H groups in total. The topological polar surface area (TPSA) is 28.2 Å². The van der Waals surface area contributed by atoms with Gasteiger partial charge in [0, 0.05) is 30.9 Å². The molecule has 2 rings (SSSR count). The van der Waals surface area contributed by atoms with Crippen molar-refractivity contribution < 1.29 is 0 Å². The van der Waals surface area contributed by atoms with Crippen LogP contribution in [0.4, 0.5) is 5.82 Å². The number of rotatable bonds is 7. The van der Waals surface area contributed by atoms with E-state index in [4.69, 9.17) is 4.98 Å². The molecule has 0 aliphatic heterocycles. The lowest BCUT2D eigenvalue weighted by Crippen LogP contribution is -2.31. The molecular weight excluding hydrogens is 246 g/mol. The Hall–Kier alpha value is -1.09. The maximum atomic E-state index is 4.77. The zero-order valence-electron chi connectivity index (χ0n) is 13.6. The molecule has 0 saturated heterocycles. The predicted octanol–water partition coefficient (Wildman–Crippen LogP) is 3.51. The quantitative estimate of drug-likeness (QED) is 0.825. The summed E-state index contributed by atoms with van der Waals surface area (Å²) < 4.78 is 0. The van der Waals surface area contributed by atoms with Crippen LogP contribution >= 0.6 is 0 Å². The van der Waals surface area contributed by atoms with Gasteiger partial charge in [-0.2, -0.15) is 0 Å². The van der Waals surface area contributed by atoms with Gasteiger partial charge in [0.15, 0.2) is 0 Å². The number of aromatic nitrogens is 1. The lowest BCUT2D eigenvalue weighted by Gasteiger charge is -2.26. The summed E-state index contributed by atoms with van der Waals surface area (Å²) in [6, 6.07) is 5.70. The van der Waals surface area contributed by atoms with Crippen molar-refractivity contribution in [2.45, 2.75) is 66.1 Å². The van der Waals surface area contributed by atoms with Gasteiger partial charge in [0.05, 0.1) is 0 Å². The first-order valence-electron chi connectivity index (χ1n) is 7.93. The molecule has 0 radical (unpaired) electrons. The summed E-state index contributed by atoms with van der Waals surface area (Å²) in [5, 5.41) is 3.49. The van der Waals surface area contributed by atoms with Crippen molar-refractivity contribution in [1.29, 1.82) is 0 Å². The first kappa shape index (κ1) is 15.3. The number of hydrogen-bond donors (Lipinski definition) is 1. The van der Waals surface area contributed by atoms with Crippen molar-refractivity contribution in [2.24, 2.45) is 5.92 Å². The molecule has 20 heavy (non-hydrogen) atoms. The molecule has 1 aliphatic carbocycles. The number of nitrogens with one attached hydrogen (secondary N) is 1. The van der Waals surface area contributed by atoms with Crippen LogP contribution < -0.4 is 10.2 Å². The van der Waals surface area contributed by atoms with E-state index >= 15 is 0 Å². The molecule has 1 heterocycles. The van der Waals surface area contributed by atoms with Crippen molar-refractivity contribution in [3.8, 4) is 0 Å². The van der Waals surface area contributed by atoms with Crippen molar-refractivity contribution in [1.82, 2.24) is 10.3 Å². The fraction of sp³-hybridized carbons (Fsp3) is 0.706. The molecule has 0 atom stereocenters. The summed E-state index contributed by atoms with van der Waals surface area (Å²) in [5.41, 5.74) is 2.47. The standard InChI is InChI=1S/C17H29N3/c1-12(2)11-20(16-6-7-16)17-9-15(8-14(5)19-17)10-18-13(3)4/h8-9,12-13,16,18H,6-7,10-11H2,1-5H3. The normalized spacial score (nSPS) is 15.2. The molecule has 0 spiro atoms. The van der Waals surface area contributed by atoms with Crippen LogP contribution in [0.15, 0.2) is 12.1 Å². The van der Waals surface area contributed by atoms with Gasteiger partial charge in [0.2, 0.25) is 0 Å². The van der Waals surface area contributed by atoms with Crippen molar-refractivity contribution in [2.75, 3.05) is 11.4 Å². The SMILES string of the molecule is Cc1cc(CNC(C)C)cc(N(CC(C)C)C2CC2)n1. The Morgan fingerprint density at radius 1 is 1.25 bits per heavy atom. The second kappa shape index (κ2) is 6.57. The van der Waals surface area contributed by atoms with E-state index in [0.29, 0.717) is 12.0 Å². The maximum absolute atomic E-state index is 4.77. The number of anilines is 1. The summed E-state index contributed by atoms with van der Waals surface area (Å²) in [5.74, 6) is 1.84. The van der Waals surface area contributed by atoms with Crippen molar-refractivity contribution >= 4 is 5.82 Å². The second-order valence-corrected chi connectivity index (χ2v) is 6.79. The van der Waals surface area contributed by atoms with E-state index in [-0.39, 0.29) is 0 Å². The summed E-state index contributed by atoms with van der Waals surface area (Å²) >= 11 is 0. The second-order valence-electron chi connectivity index (χ2n) is 6.79. The highest BCUT2D eigenvalue weighted by atomic mass is 15.2. The number of pyridine rings is 1. The monoisotopic (exact) mass is 275 g/mol. The molecule has 1 saturated carbocycles. The van der Waals surface area contributed by atoms with E-state index in [2.05, 4.69) is 57.0 Å². The van der Waals surface area contributed by atoms with Gasteiger partial charge in [0.1, 0.15) is 5.82 Å². The molecule has 0 amide bonds. The van der Waals surface area contributed by atoms with E-state index in [9.17, 15) is 0 Å². The third-order valence-electron chi connectivity index (χ3n) is 3.56. The molecule has 3 heteroatoms. The number of aryl methyl sites for hydroxylation is 1. The average molecular weight is 275 g/mol. The first-order chi connectivity index (χ1) is 9.45. The van der Waals surface area contributed by atoms with Gasteiger partial charge in [-0.25, -0.2) is 4.98 Å². The van der Waals surface area contributed by atoms with Crippen LogP contribution in [0.5, 0.6) is 0 Å². The Labute approximate surface area is 123 Å². The molecule has 1 aliphatic rings. The Kier molecular flexibility index (Phi) is 5.03. The van der Waals surface area contributed by atoms with Crippen LogP contribution in [-0.4, -0.2) is 23.6 Å². The predicted molar refractivity (Wildman–Crippen MR) is 86.2 cm³/mol. The number of hydrogen-bond acceptors (Lipinski definition) is 3. The van der Waals surface area contributed by atoms with E-state index in [1.165, 1.54) is 24.2 Å². The Morgan fingerprint density at radius 2 is 1.95 bits per heavy atom. The largest absolute Gasteiger partial charge is 0.353 e. The van der Waals surface area contributed by atoms with Crippen LogP contribution in [0.3, 0.4) is 0 Å². The number of nitrogens with zero attached hydrogens (tertiary/aromatic N) is 2. The van der Waals surface area contributed by atoms with Crippen LogP contribution in [0.1, 0.15) is 51.8 Å². The minimum absolute atomic E-state index is 0.516. The Balaban J connectivity index is 2.16. The van der Waals surface area contributed by atoms with Crippen LogP contribution in [0.25, 0.3) is 0 Å². The summed E-state index contributed by atoms with van der Waals surface area (Å²) in [4.78, 5) is 7.28. The minimum atomic E-state index is 0.516. The van der Waals surface area contributed by atoms with E-state index in [0.717, 1.165) is 24.8 Å². The molecule has 0 aromatic carbocycles. The summed E-state index contributed by atoms with van der Waals surface area (Å²) in [6.45, 7) is 13.1. The molecule has 0 bridgehead atoms. The van der Waals surface area contributed by atoms with E-state index in [1.54, 1.807) is 0 Å². The van der Waals surface area contributed by atoms with Gasteiger partial charge >= 0.3 is 0 Å². The summed E-state index contributed by atoms with van der Waals surface area (Å²) in [6.07, 6.45) is 2.64. The smallest absolute Gasteiger partial charge is 0.129 e. The summed E-state index contributed by atoms with van der Waals surface area (Å²) in [7, 11) is 0. The average Bonchev–Trinajstić information content (AvgIpc) is 3.16. The van der Waals surface area contributed by atoms with Crippen LogP contribution in [0, 0.1) is 12.8 Å². The zero-order valence-corrected chi connectivity index (χ0v) is 13.6. The highest BCUT2D eigenvalue weighted by molar-refractivity contribution is 5.45. The van der Waals surface area contributed by atoms with Gasteiger partial charge in [-0.3, -0.25) is 0 Å². The van der Waals surface area contributed by atoms with E-state index < -0.39 is 0 Å². The van der Waals surface area contributed by atoms with Crippen LogP contribution in [-0.2, 0) is 6.54 Å². The highest BCUT2D eigenvalue weighted by Crippen LogP contribution is 2.32. The first-order valence-corrected chi connectivity index (χ1v) is 7.93. The van der Waals surface area contributed by atoms with E-state index in [1.807, 2.05) is 0 Å². The molecule has 1 aromatic rings. The van der Waals surface area contributed by atoms with Crippen molar-refractivity contribution in [3.05, 3.63) is 23.4 Å². The molecule has 0 unspecified atom stereocenters. The Bertz CT molecular complexity index is 436. The molecule has 1 fully saturated rings. The lowest BCUT2D eigenvalue weighted by atomic mass is 10.1. The maximum Gasteiger partial charge on any atom is 0.129 e. The fourth-order valence-electron chi connectivity index (χ4n) is 2.50. The molecule has 3 nitrogen and oxygen atoms in total. The van der Waals surface area contributed by atoms with Gasteiger partial charge in [-0.1, -0.05) is 27.7 Å². The third-order valence-corrected chi connectivity index (χ3v) is 3.56. The van der Waals surface area contributed by atoms with Gasteiger partial charge in [0.25, 0.3) is 0 Å². The third kappa shape index (κ3) is 4.48. The zero-order chi connectivity index (χ0) is 14.7. The fourth-order valence-corrected chi connectivity index (χ4v) is 2.50. The van der Waals surface area contributed by atoms with Gasteiger partial charge in [-0.15, -0.1) is 0 Å². The van der Waals surface area contributed by atoms with Gasteiger partial charge in [-0.05, 0) is 43.4 Å². The minimum Gasteiger partial charge on any atom is -0.353 e. The Morgan fingerprint density at radius 3 is 2.50 bits per heavy atom. The lowest BCUT2D eigenvalue weighted by molar-refractivity contribution is 0.585. The molecular formula is C17H29N3. The molecule has 1 aromatic heterocycles. The van der Waals surface area contributed by atoms with Gasteiger partial charge < -0.3 is 10.2 Å². The van der Waals surface area contributed by atoms with Crippen LogP contribution in [0.2, 0.25) is 0 Å². The molecule has 112 valence electrons. The van der Waals surface area contributed by atoms with Crippen molar-refractivity contribution in [3.63, 3.8) is 0 Å².